The predicted molar refractivity (Wildman–Crippen MR) is 235 cm³/mol. The molecule has 54 heavy (non-hydrogen) atoms. The summed E-state index contributed by atoms with van der Waals surface area (Å²) < 4.78 is 2.59. The molecule has 0 N–H and O–H groups in total. The fourth-order valence-corrected chi connectivity index (χ4v) is 9.81. The second-order valence-corrected chi connectivity index (χ2v) is 15.1. The van der Waals surface area contributed by atoms with Gasteiger partial charge in [0.2, 0.25) is 0 Å². The number of hydrogen-bond donors (Lipinski definition) is 0. The lowest BCUT2D eigenvalue weighted by atomic mass is 9.93. The van der Waals surface area contributed by atoms with Crippen molar-refractivity contribution >= 4 is 91.7 Å². The van der Waals surface area contributed by atoms with E-state index >= 15 is 0 Å². The summed E-state index contributed by atoms with van der Waals surface area (Å²) >= 11 is 1.89. The van der Waals surface area contributed by atoms with Crippen molar-refractivity contribution in [3.63, 3.8) is 0 Å². The molecule has 0 aliphatic rings. The first-order valence-electron chi connectivity index (χ1n) is 18.5. The van der Waals surface area contributed by atoms with Gasteiger partial charge >= 0.3 is 0 Å². The van der Waals surface area contributed by atoms with E-state index in [2.05, 4.69) is 205 Å². The quantitative estimate of drug-likeness (QED) is 0.161. The number of fused-ring (bicyclic) bond motifs is 9. The van der Waals surface area contributed by atoms with Gasteiger partial charge in [-0.1, -0.05) is 164 Å². The summed E-state index contributed by atoms with van der Waals surface area (Å²) in [6, 6.07) is 73.5. The fourth-order valence-electron chi connectivity index (χ4n) is 8.47. The van der Waals surface area contributed by atoms with E-state index < -0.39 is 0 Å². The molecule has 252 valence electrons. The van der Waals surface area contributed by atoms with Crippen molar-refractivity contribution in [3.8, 4) is 22.3 Å². The van der Waals surface area contributed by atoms with Crippen LogP contribution in [0.5, 0.6) is 0 Å². The van der Waals surface area contributed by atoms with Crippen molar-refractivity contribution in [1.82, 2.24) is 0 Å². The Bertz CT molecular complexity index is 3210. The van der Waals surface area contributed by atoms with E-state index in [1.165, 1.54) is 91.2 Å². The van der Waals surface area contributed by atoms with Gasteiger partial charge < -0.3 is 4.90 Å². The molecule has 10 aromatic carbocycles. The van der Waals surface area contributed by atoms with E-state index in [0.29, 0.717) is 0 Å². The van der Waals surface area contributed by atoms with Crippen molar-refractivity contribution in [2.75, 3.05) is 4.90 Å². The molecule has 11 rings (SSSR count). The minimum atomic E-state index is 1.12. The molecule has 0 spiro atoms. The Labute approximate surface area is 317 Å². The van der Waals surface area contributed by atoms with E-state index in [1.54, 1.807) is 0 Å². The monoisotopic (exact) mass is 703 g/mol. The van der Waals surface area contributed by atoms with Gasteiger partial charge in [0.25, 0.3) is 0 Å². The van der Waals surface area contributed by atoms with E-state index in [-0.39, 0.29) is 0 Å². The van der Waals surface area contributed by atoms with Crippen LogP contribution in [0.4, 0.5) is 17.1 Å². The molecule has 2 heteroatoms. The zero-order chi connectivity index (χ0) is 35.6. The summed E-state index contributed by atoms with van der Waals surface area (Å²) in [4.78, 5) is 2.46. The molecule has 0 saturated heterocycles. The van der Waals surface area contributed by atoms with Gasteiger partial charge in [0, 0.05) is 26.8 Å². The van der Waals surface area contributed by atoms with Crippen LogP contribution in [-0.4, -0.2) is 0 Å². The molecule has 1 aromatic heterocycles. The number of thiophene rings is 1. The highest BCUT2D eigenvalue weighted by Crippen LogP contribution is 2.48. The molecule has 1 heterocycles. The standard InChI is InChI=1S/C52H33NS/c1-2-12-34(13-3-1)43-20-10-21-46-47-22-11-23-50(52(47)54-51(43)46)53(40-31-28-36-25-24-35-14-4-6-16-41(35)49(36)33-40)39-29-26-37(27-30-39)48-32-38-15-5-7-17-42(38)44-18-8-9-19-45(44)48/h1-33H. The minimum Gasteiger partial charge on any atom is -0.309 e. The second kappa shape index (κ2) is 12.4. The summed E-state index contributed by atoms with van der Waals surface area (Å²) in [5.74, 6) is 0. The smallest absolute Gasteiger partial charge is 0.0640 e. The van der Waals surface area contributed by atoms with Crippen molar-refractivity contribution in [2.24, 2.45) is 0 Å². The van der Waals surface area contributed by atoms with E-state index in [9.17, 15) is 0 Å². The molecule has 0 aliphatic heterocycles. The SMILES string of the molecule is c1ccc(-c2cccc3c2sc2c(N(c4ccc(-c5cc6ccccc6c6ccccc56)cc4)c4ccc5ccc6ccccc6c5c4)cccc23)cc1. The first-order chi connectivity index (χ1) is 26.8. The largest absolute Gasteiger partial charge is 0.309 e. The average Bonchev–Trinajstić information content (AvgIpc) is 3.64. The second-order valence-electron chi connectivity index (χ2n) is 14.1. The number of benzene rings is 10. The number of nitrogens with zero attached hydrogens (tertiary/aromatic N) is 1. The van der Waals surface area contributed by atoms with Gasteiger partial charge in [-0.3, -0.25) is 0 Å². The zero-order valence-electron chi connectivity index (χ0n) is 29.4. The van der Waals surface area contributed by atoms with Crippen LogP contribution >= 0.6 is 11.3 Å². The first kappa shape index (κ1) is 30.8. The van der Waals surface area contributed by atoms with Crippen molar-refractivity contribution < 1.29 is 0 Å². The van der Waals surface area contributed by atoms with Crippen LogP contribution in [0.25, 0.3) is 85.5 Å². The molecule has 0 saturated carbocycles. The van der Waals surface area contributed by atoms with E-state index in [4.69, 9.17) is 0 Å². The molecule has 11 aromatic rings. The zero-order valence-corrected chi connectivity index (χ0v) is 30.2. The Kier molecular flexibility index (Phi) is 7.11. The molecular weight excluding hydrogens is 671 g/mol. The van der Waals surface area contributed by atoms with Crippen LogP contribution in [0, 0.1) is 0 Å². The van der Waals surface area contributed by atoms with Gasteiger partial charge in [0.1, 0.15) is 0 Å². The third-order valence-corrected chi connectivity index (χ3v) is 12.3. The Balaban J connectivity index is 1.14. The lowest BCUT2D eigenvalue weighted by molar-refractivity contribution is 1.31. The molecule has 0 amide bonds. The minimum absolute atomic E-state index is 1.12. The van der Waals surface area contributed by atoms with Crippen LogP contribution < -0.4 is 4.90 Å². The molecule has 0 radical (unpaired) electrons. The van der Waals surface area contributed by atoms with Crippen LogP contribution in [0.15, 0.2) is 200 Å². The Hall–Kier alpha value is -6.74. The average molecular weight is 704 g/mol. The summed E-state index contributed by atoms with van der Waals surface area (Å²) in [6.07, 6.45) is 0. The Morgan fingerprint density at radius 2 is 0.852 bits per heavy atom. The topological polar surface area (TPSA) is 3.24 Å². The van der Waals surface area contributed by atoms with Gasteiger partial charge in [-0.05, 0) is 102 Å². The third-order valence-electron chi connectivity index (χ3n) is 11.0. The predicted octanol–water partition coefficient (Wildman–Crippen LogP) is 15.5. The Morgan fingerprint density at radius 3 is 1.65 bits per heavy atom. The molecule has 0 unspecified atom stereocenters. The number of anilines is 3. The maximum atomic E-state index is 2.46. The van der Waals surface area contributed by atoms with Crippen LogP contribution in [-0.2, 0) is 0 Å². The highest BCUT2D eigenvalue weighted by atomic mass is 32.1. The maximum Gasteiger partial charge on any atom is 0.0640 e. The summed E-state index contributed by atoms with van der Waals surface area (Å²) in [7, 11) is 0. The van der Waals surface area contributed by atoms with Crippen molar-refractivity contribution in [1.29, 1.82) is 0 Å². The van der Waals surface area contributed by atoms with Gasteiger partial charge in [0.15, 0.2) is 0 Å². The highest BCUT2D eigenvalue weighted by molar-refractivity contribution is 7.27. The van der Waals surface area contributed by atoms with Crippen LogP contribution in [0.3, 0.4) is 0 Å². The molecule has 0 bridgehead atoms. The first-order valence-corrected chi connectivity index (χ1v) is 19.3. The maximum absolute atomic E-state index is 2.46. The van der Waals surface area contributed by atoms with Gasteiger partial charge in [-0.2, -0.15) is 0 Å². The number of hydrogen-bond acceptors (Lipinski definition) is 2. The molecule has 0 atom stereocenters. The van der Waals surface area contributed by atoms with Gasteiger partial charge in [-0.15, -0.1) is 11.3 Å². The fraction of sp³-hybridized carbons (Fsp3) is 0. The Morgan fingerprint density at radius 1 is 0.296 bits per heavy atom. The van der Waals surface area contributed by atoms with Gasteiger partial charge in [-0.25, -0.2) is 0 Å². The van der Waals surface area contributed by atoms with Crippen molar-refractivity contribution in [2.45, 2.75) is 0 Å². The van der Waals surface area contributed by atoms with Crippen LogP contribution in [0.1, 0.15) is 0 Å². The molecule has 0 fully saturated rings. The molecular formula is C52H33NS. The lowest BCUT2D eigenvalue weighted by Crippen LogP contribution is -2.10. The van der Waals surface area contributed by atoms with Gasteiger partial charge in [0.05, 0.1) is 10.4 Å². The summed E-state index contributed by atoms with van der Waals surface area (Å²) in [5, 5.41) is 12.7. The summed E-state index contributed by atoms with van der Waals surface area (Å²) in [6.45, 7) is 0. The van der Waals surface area contributed by atoms with E-state index in [1.807, 2.05) is 11.3 Å². The lowest BCUT2D eigenvalue weighted by Gasteiger charge is -2.27. The molecule has 1 nitrogen and oxygen atoms in total. The summed E-state index contributed by atoms with van der Waals surface area (Å²) in [5.41, 5.74) is 8.41. The third kappa shape index (κ3) is 4.92. The van der Waals surface area contributed by atoms with Crippen molar-refractivity contribution in [3.05, 3.63) is 200 Å². The highest BCUT2D eigenvalue weighted by Gasteiger charge is 2.20. The van der Waals surface area contributed by atoms with Crippen LogP contribution in [0.2, 0.25) is 0 Å². The normalized spacial score (nSPS) is 11.7. The molecule has 0 aliphatic carbocycles. The van der Waals surface area contributed by atoms with E-state index in [0.717, 1.165) is 11.4 Å². The number of rotatable bonds is 5.